The normalized spacial score (nSPS) is 12.3. The van der Waals surface area contributed by atoms with Crippen LogP contribution in [0.15, 0.2) is 0 Å². The highest BCUT2D eigenvalue weighted by Crippen LogP contribution is 2.17. The van der Waals surface area contributed by atoms with Crippen molar-refractivity contribution >= 4 is 11.9 Å². The van der Waals surface area contributed by atoms with Gasteiger partial charge in [0, 0.05) is 12.8 Å². The van der Waals surface area contributed by atoms with Crippen LogP contribution in [0.3, 0.4) is 0 Å². The fraction of sp³-hybridized carbons (Fsp3) is 0.929. The standard InChI is InChI=1S/C28H54O4/c1-24(2)22-31-27(29)19-17-15-13-11-9-7-6-8-10-12-14-16-18-26(5)20-21-28(30)32-23-25(3)4/h24-26H,6-23H2,1-5H3. The minimum absolute atomic E-state index is 0.0324. The minimum atomic E-state index is -0.0349. The third-order valence-electron chi connectivity index (χ3n) is 5.82. The number of carbonyl (C=O) groups excluding carboxylic acids is 2. The van der Waals surface area contributed by atoms with Crippen LogP contribution >= 0.6 is 0 Å². The Kier molecular flexibility index (Phi) is 21.0. The minimum Gasteiger partial charge on any atom is -0.465 e. The summed E-state index contributed by atoms with van der Waals surface area (Å²) in [5.41, 5.74) is 0. The highest BCUT2D eigenvalue weighted by molar-refractivity contribution is 5.69. The second-order valence-corrected chi connectivity index (χ2v) is 10.6. The topological polar surface area (TPSA) is 52.6 Å². The van der Waals surface area contributed by atoms with Crippen LogP contribution in [0.25, 0.3) is 0 Å². The molecular weight excluding hydrogens is 400 g/mol. The van der Waals surface area contributed by atoms with E-state index < -0.39 is 0 Å². The molecular formula is C28H54O4. The molecule has 0 aromatic heterocycles. The van der Waals surface area contributed by atoms with E-state index in [4.69, 9.17) is 9.47 Å². The summed E-state index contributed by atoms with van der Waals surface area (Å²) in [5, 5.41) is 0. The predicted octanol–water partition coefficient (Wildman–Crippen LogP) is 8.26. The molecule has 190 valence electrons. The predicted molar refractivity (Wildman–Crippen MR) is 135 cm³/mol. The van der Waals surface area contributed by atoms with Gasteiger partial charge in [-0.15, -0.1) is 0 Å². The van der Waals surface area contributed by atoms with E-state index in [9.17, 15) is 9.59 Å². The Morgan fingerprint density at radius 1 is 0.500 bits per heavy atom. The van der Waals surface area contributed by atoms with Crippen molar-refractivity contribution in [2.24, 2.45) is 17.8 Å². The van der Waals surface area contributed by atoms with Crippen molar-refractivity contribution in [1.82, 2.24) is 0 Å². The Balaban J connectivity index is 3.29. The molecule has 4 nitrogen and oxygen atoms in total. The molecule has 0 aliphatic heterocycles. The smallest absolute Gasteiger partial charge is 0.305 e. The summed E-state index contributed by atoms with van der Waals surface area (Å²) in [5.74, 6) is 1.39. The molecule has 1 atom stereocenters. The van der Waals surface area contributed by atoms with Gasteiger partial charge < -0.3 is 9.47 Å². The first kappa shape index (κ1) is 30.9. The van der Waals surface area contributed by atoms with E-state index in [1.165, 1.54) is 70.6 Å². The van der Waals surface area contributed by atoms with Crippen LogP contribution in [-0.2, 0) is 19.1 Å². The Hall–Kier alpha value is -1.06. The van der Waals surface area contributed by atoms with E-state index in [-0.39, 0.29) is 11.9 Å². The molecule has 0 saturated carbocycles. The molecule has 0 rings (SSSR count). The van der Waals surface area contributed by atoms with Crippen LogP contribution in [-0.4, -0.2) is 25.2 Å². The fourth-order valence-electron chi connectivity index (χ4n) is 3.70. The van der Waals surface area contributed by atoms with Crippen molar-refractivity contribution in [1.29, 1.82) is 0 Å². The average molecular weight is 455 g/mol. The molecule has 4 heteroatoms. The molecule has 0 N–H and O–H groups in total. The molecule has 0 aromatic carbocycles. The van der Waals surface area contributed by atoms with Gasteiger partial charge in [0.25, 0.3) is 0 Å². The number of rotatable bonds is 22. The van der Waals surface area contributed by atoms with Crippen molar-refractivity contribution in [3.8, 4) is 0 Å². The molecule has 1 unspecified atom stereocenters. The number of esters is 2. The molecule has 0 amide bonds. The van der Waals surface area contributed by atoms with E-state index in [0.29, 0.717) is 43.8 Å². The van der Waals surface area contributed by atoms with Crippen molar-refractivity contribution in [3.63, 3.8) is 0 Å². The Labute approximate surface area is 199 Å². The number of hydrogen-bond acceptors (Lipinski definition) is 4. The Bertz CT molecular complexity index is 445. The maximum atomic E-state index is 11.7. The third kappa shape index (κ3) is 23.6. The van der Waals surface area contributed by atoms with E-state index in [2.05, 4.69) is 34.6 Å². The first-order valence-corrected chi connectivity index (χ1v) is 13.6. The summed E-state index contributed by atoms with van der Waals surface area (Å²) >= 11 is 0. The fourth-order valence-corrected chi connectivity index (χ4v) is 3.70. The summed E-state index contributed by atoms with van der Waals surface area (Å²) < 4.78 is 10.4. The Morgan fingerprint density at radius 3 is 1.31 bits per heavy atom. The van der Waals surface area contributed by atoms with Gasteiger partial charge in [0.1, 0.15) is 0 Å². The average Bonchev–Trinajstić information content (AvgIpc) is 2.74. The molecule has 32 heavy (non-hydrogen) atoms. The zero-order valence-electron chi connectivity index (χ0n) is 22.1. The van der Waals surface area contributed by atoms with Crippen LogP contribution in [0.5, 0.6) is 0 Å². The summed E-state index contributed by atoms with van der Waals surface area (Å²) in [4.78, 5) is 23.2. The molecule has 0 spiro atoms. The van der Waals surface area contributed by atoms with Crippen LogP contribution in [0.2, 0.25) is 0 Å². The number of ether oxygens (including phenoxy) is 2. The highest BCUT2D eigenvalue weighted by Gasteiger charge is 2.08. The number of carbonyl (C=O) groups is 2. The lowest BCUT2D eigenvalue weighted by atomic mass is 9.97. The molecule has 0 fully saturated rings. The molecule has 0 aromatic rings. The second kappa shape index (κ2) is 21.8. The van der Waals surface area contributed by atoms with Crippen LogP contribution in [0.1, 0.15) is 137 Å². The van der Waals surface area contributed by atoms with Gasteiger partial charge in [0.15, 0.2) is 0 Å². The monoisotopic (exact) mass is 454 g/mol. The van der Waals surface area contributed by atoms with E-state index in [0.717, 1.165) is 19.3 Å². The lowest BCUT2D eigenvalue weighted by Gasteiger charge is -2.11. The van der Waals surface area contributed by atoms with Gasteiger partial charge in [-0.1, -0.05) is 112 Å². The van der Waals surface area contributed by atoms with Crippen molar-refractivity contribution in [3.05, 3.63) is 0 Å². The van der Waals surface area contributed by atoms with Gasteiger partial charge >= 0.3 is 11.9 Å². The van der Waals surface area contributed by atoms with E-state index in [1.807, 2.05) is 0 Å². The van der Waals surface area contributed by atoms with Gasteiger partial charge in [-0.3, -0.25) is 9.59 Å². The molecule has 0 aliphatic carbocycles. The molecule has 0 saturated heterocycles. The maximum Gasteiger partial charge on any atom is 0.305 e. The quantitative estimate of drug-likeness (QED) is 0.122. The molecule has 0 aliphatic rings. The van der Waals surface area contributed by atoms with Crippen molar-refractivity contribution < 1.29 is 19.1 Å². The summed E-state index contributed by atoms with van der Waals surface area (Å²) in [6.07, 6.45) is 18.7. The Morgan fingerprint density at radius 2 is 0.875 bits per heavy atom. The first-order valence-electron chi connectivity index (χ1n) is 13.6. The molecule has 0 bridgehead atoms. The molecule has 0 heterocycles. The lowest BCUT2D eigenvalue weighted by Crippen LogP contribution is -2.11. The van der Waals surface area contributed by atoms with Gasteiger partial charge in [0.05, 0.1) is 13.2 Å². The zero-order valence-corrected chi connectivity index (χ0v) is 22.1. The van der Waals surface area contributed by atoms with Gasteiger partial charge in [0.2, 0.25) is 0 Å². The van der Waals surface area contributed by atoms with E-state index in [1.54, 1.807) is 0 Å². The third-order valence-corrected chi connectivity index (χ3v) is 5.82. The van der Waals surface area contributed by atoms with Crippen LogP contribution in [0.4, 0.5) is 0 Å². The van der Waals surface area contributed by atoms with Crippen LogP contribution in [0, 0.1) is 17.8 Å². The van der Waals surface area contributed by atoms with Crippen molar-refractivity contribution in [2.75, 3.05) is 13.2 Å². The SMILES string of the molecule is CC(C)COC(=O)CCCCCCCCCCCCCCC(C)CCC(=O)OCC(C)C. The van der Waals surface area contributed by atoms with Gasteiger partial charge in [-0.05, 0) is 30.6 Å². The van der Waals surface area contributed by atoms with Gasteiger partial charge in [-0.25, -0.2) is 0 Å². The van der Waals surface area contributed by atoms with E-state index >= 15 is 0 Å². The summed E-state index contributed by atoms with van der Waals surface area (Å²) in [6, 6.07) is 0. The lowest BCUT2D eigenvalue weighted by molar-refractivity contribution is -0.145. The number of unbranched alkanes of at least 4 members (excludes halogenated alkanes) is 11. The highest BCUT2D eigenvalue weighted by atomic mass is 16.5. The zero-order chi connectivity index (χ0) is 24.0. The van der Waals surface area contributed by atoms with Crippen molar-refractivity contribution in [2.45, 2.75) is 137 Å². The maximum absolute atomic E-state index is 11.7. The summed E-state index contributed by atoms with van der Waals surface area (Å²) in [7, 11) is 0. The van der Waals surface area contributed by atoms with Gasteiger partial charge in [-0.2, -0.15) is 0 Å². The van der Waals surface area contributed by atoms with Crippen LogP contribution < -0.4 is 0 Å². The second-order valence-electron chi connectivity index (χ2n) is 10.6. The molecule has 0 radical (unpaired) electrons. The summed E-state index contributed by atoms with van der Waals surface area (Å²) in [6.45, 7) is 11.6. The first-order chi connectivity index (χ1) is 15.3. The largest absolute Gasteiger partial charge is 0.465 e. The number of hydrogen-bond donors (Lipinski definition) is 0.